The number of sulfone groups is 1. The molecular weight excluding hydrogens is 394 g/mol. The first-order chi connectivity index (χ1) is 12.0. The van der Waals surface area contributed by atoms with E-state index in [1.54, 1.807) is 6.07 Å². The molecule has 0 aliphatic carbocycles. The van der Waals surface area contributed by atoms with Gasteiger partial charge in [-0.3, -0.25) is 0 Å². The second kappa shape index (κ2) is 6.17. The van der Waals surface area contributed by atoms with Gasteiger partial charge in [0.1, 0.15) is 17.3 Å². The molecule has 0 unspecified atom stereocenters. The molecule has 0 radical (unpaired) electrons. The Labute approximate surface area is 150 Å². The van der Waals surface area contributed by atoms with E-state index in [1.165, 1.54) is 0 Å². The summed E-state index contributed by atoms with van der Waals surface area (Å²) in [6.07, 6.45) is -1.98. The number of alkyl halides is 3. The number of fused-ring (bicyclic) bond motifs is 1. The van der Waals surface area contributed by atoms with Gasteiger partial charge in [0.05, 0.1) is 22.1 Å². The standard InChI is InChI=1S/C16H9F4NO3S2/c1-26(22,23)12-3-2-11(13-14(12)25-16(19,20)15(13)18)24-10-5-8(7-21)4-9(17)6-10/h2-6,15H,1H3/t15-/m0/s1. The van der Waals surface area contributed by atoms with Crippen LogP contribution in [0.1, 0.15) is 17.3 Å². The van der Waals surface area contributed by atoms with Crippen molar-refractivity contribution in [1.82, 2.24) is 0 Å². The summed E-state index contributed by atoms with van der Waals surface area (Å²) in [6, 6.07) is 6.73. The molecule has 26 heavy (non-hydrogen) atoms. The van der Waals surface area contributed by atoms with Gasteiger partial charge in [0.25, 0.3) is 0 Å². The number of halogens is 4. The fourth-order valence-electron chi connectivity index (χ4n) is 2.46. The van der Waals surface area contributed by atoms with Crippen molar-refractivity contribution in [3.05, 3.63) is 47.3 Å². The number of nitriles is 1. The highest BCUT2D eigenvalue weighted by atomic mass is 32.2. The maximum absolute atomic E-state index is 14.3. The van der Waals surface area contributed by atoms with E-state index in [1.807, 2.05) is 0 Å². The zero-order valence-corrected chi connectivity index (χ0v) is 14.6. The zero-order chi connectivity index (χ0) is 19.3. The predicted molar refractivity (Wildman–Crippen MR) is 85.4 cm³/mol. The molecular formula is C16H9F4NO3S2. The van der Waals surface area contributed by atoms with E-state index in [0.717, 1.165) is 36.6 Å². The van der Waals surface area contributed by atoms with Crippen LogP contribution >= 0.6 is 11.8 Å². The number of thioether (sulfide) groups is 1. The molecule has 2 aromatic rings. The van der Waals surface area contributed by atoms with E-state index in [4.69, 9.17) is 10.00 Å². The molecule has 0 N–H and O–H groups in total. The molecule has 0 amide bonds. The summed E-state index contributed by atoms with van der Waals surface area (Å²) in [6.45, 7) is 0. The van der Waals surface area contributed by atoms with Crippen molar-refractivity contribution in [2.75, 3.05) is 6.26 Å². The first-order valence-electron chi connectivity index (χ1n) is 6.99. The molecule has 0 saturated heterocycles. The molecule has 0 aromatic heterocycles. The van der Waals surface area contributed by atoms with Crippen molar-refractivity contribution < 1.29 is 30.7 Å². The van der Waals surface area contributed by atoms with Gasteiger partial charge in [-0.25, -0.2) is 17.2 Å². The summed E-state index contributed by atoms with van der Waals surface area (Å²) in [4.78, 5) is -0.888. The van der Waals surface area contributed by atoms with E-state index < -0.39 is 42.4 Å². The van der Waals surface area contributed by atoms with Crippen molar-refractivity contribution in [3.8, 4) is 17.6 Å². The molecule has 4 nitrogen and oxygen atoms in total. The highest BCUT2D eigenvalue weighted by Crippen LogP contribution is 2.60. The molecule has 1 atom stereocenters. The Bertz CT molecular complexity index is 1050. The number of hydrogen-bond acceptors (Lipinski definition) is 5. The lowest BCUT2D eigenvalue weighted by atomic mass is 10.1. The van der Waals surface area contributed by atoms with Crippen molar-refractivity contribution in [2.24, 2.45) is 0 Å². The molecule has 0 bridgehead atoms. The van der Waals surface area contributed by atoms with Crippen LogP contribution < -0.4 is 4.74 Å². The highest BCUT2D eigenvalue weighted by Gasteiger charge is 2.53. The molecule has 2 aromatic carbocycles. The third kappa shape index (κ3) is 3.24. The average Bonchev–Trinajstić information content (AvgIpc) is 2.76. The Balaban J connectivity index is 2.15. The van der Waals surface area contributed by atoms with Gasteiger partial charge in [-0.1, -0.05) is 0 Å². The van der Waals surface area contributed by atoms with Gasteiger partial charge in [-0.2, -0.15) is 14.0 Å². The molecule has 0 saturated carbocycles. The lowest BCUT2D eigenvalue weighted by Gasteiger charge is -2.14. The normalized spacial score (nSPS) is 18.2. The third-order valence-electron chi connectivity index (χ3n) is 3.53. The highest BCUT2D eigenvalue weighted by molar-refractivity contribution is 8.01. The van der Waals surface area contributed by atoms with Gasteiger partial charge in [0.2, 0.25) is 6.17 Å². The summed E-state index contributed by atoms with van der Waals surface area (Å²) in [5.74, 6) is -1.39. The van der Waals surface area contributed by atoms with Crippen LogP contribution in [0.15, 0.2) is 40.1 Å². The topological polar surface area (TPSA) is 67.2 Å². The molecule has 10 heteroatoms. The SMILES string of the molecule is CS(=O)(=O)c1ccc(Oc2cc(F)cc(C#N)c2)c2c1SC(F)(F)[C@H]2F. The van der Waals surface area contributed by atoms with Crippen LogP contribution in [0.25, 0.3) is 0 Å². The van der Waals surface area contributed by atoms with Crippen LogP contribution in [0, 0.1) is 17.1 Å². The van der Waals surface area contributed by atoms with Crippen molar-refractivity contribution in [1.29, 1.82) is 5.26 Å². The van der Waals surface area contributed by atoms with Crippen LogP contribution in [0.3, 0.4) is 0 Å². The van der Waals surface area contributed by atoms with Crippen molar-refractivity contribution in [2.45, 2.75) is 21.2 Å². The van der Waals surface area contributed by atoms with Crippen LogP contribution in [-0.2, 0) is 9.84 Å². The quantitative estimate of drug-likeness (QED) is 0.701. The minimum atomic E-state index is -3.89. The fraction of sp³-hybridized carbons (Fsp3) is 0.188. The summed E-state index contributed by atoms with van der Waals surface area (Å²) < 4.78 is 84.4. The van der Waals surface area contributed by atoms with Gasteiger partial charge in [-0.15, -0.1) is 0 Å². The third-order valence-corrected chi connectivity index (χ3v) is 5.93. The second-order valence-corrected chi connectivity index (χ2v) is 8.63. The number of hydrogen-bond donors (Lipinski definition) is 0. The van der Waals surface area contributed by atoms with E-state index in [-0.39, 0.29) is 28.8 Å². The lowest BCUT2D eigenvalue weighted by Crippen LogP contribution is -2.12. The van der Waals surface area contributed by atoms with Crippen molar-refractivity contribution >= 4 is 21.6 Å². The molecule has 1 aliphatic rings. The molecule has 3 rings (SSSR count). The summed E-state index contributed by atoms with van der Waals surface area (Å²) in [5.41, 5.74) is -0.702. The lowest BCUT2D eigenvalue weighted by molar-refractivity contribution is 0.0179. The fourth-order valence-corrected chi connectivity index (χ4v) is 4.77. The van der Waals surface area contributed by atoms with Crippen molar-refractivity contribution in [3.63, 3.8) is 0 Å². The zero-order valence-electron chi connectivity index (χ0n) is 13.0. The molecule has 1 heterocycles. The minimum Gasteiger partial charge on any atom is -0.457 e. The Morgan fingerprint density at radius 3 is 2.58 bits per heavy atom. The average molecular weight is 403 g/mol. The van der Waals surface area contributed by atoms with E-state index in [9.17, 15) is 26.0 Å². The Hall–Kier alpha value is -2.25. The Morgan fingerprint density at radius 1 is 1.27 bits per heavy atom. The minimum absolute atomic E-state index is 0.0825. The first kappa shape index (κ1) is 18.5. The Kier molecular flexibility index (Phi) is 4.40. The molecule has 1 aliphatic heterocycles. The summed E-state index contributed by atoms with van der Waals surface area (Å²) in [5, 5.41) is 4.97. The largest absolute Gasteiger partial charge is 0.457 e. The monoisotopic (exact) mass is 403 g/mol. The van der Waals surface area contributed by atoms with Gasteiger partial charge in [-0.05, 0) is 36.0 Å². The summed E-state index contributed by atoms with van der Waals surface area (Å²) in [7, 11) is -3.89. The maximum Gasteiger partial charge on any atom is 0.333 e. The number of nitrogens with zero attached hydrogens (tertiary/aromatic N) is 1. The smallest absolute Gasteiger partial charge is 0.333 e. The number of rotatable bonds is 3. The van der Waals surface area contributed by atoms with Crippen LogP contribution in [0.2, 0.25) is 0 Å². The van der Waals surface area contributed by atoms with E-state index in [0.29, 0.717) is 0 Å². The molecule has 136 valence electrons. The van der Waals surface area contributed by atoms with E-state index in [2.05, 4.69) is 0 Å². The summed E-state index contributed by atoms with van der Waals surface area (Å²) >= 11 is -0.203. The molecule has 0 spiro atoms. The molecule has 0 fully saturated rings. The van der Waals surface area contributed by atoms with E-state index >= 15 is 0 Å². The number of ether oxygens (including phenoxy) is 1. The van der Waals surface area contributed by atoms with Crippen LogP contribution in [-0.4, -0.2) is 19.9 Å². The van der Waals surface area contributed by atoms with Crippen LogP contribution in [0.5, 0.6) is 11.5 Å². The van der Waals surface area contributed by atoms with Gasteiger partial charge < -0.3 is 4.74 Å². The maximum atomic E-state index is 14.3. The Morgan fingerprint density at radius 2 is 1.96 bits per heavy atom. The van der Waals surface area contributed by atoms with Gasteiger partial charge >= 0.3 is 5.25 Å². The first-order valence-corrected chi connectivity index (χ1v) is 9.70. The van der Waals surface area contributed by atoms with Crippen LogP contribution in [0.4, 0.5) is 17.6 Å². The predicted octanol–water partition coefficient (Wildman–Crippen LogP) is 4.60. The van der Waals surface area contributed by atoms with Gasteiger partial charge in [0, 0.05) is 17.2 Å². The number of benzene rings is 2. The van der Waals surface area contributed by atoms with Gasteiger partial charge in [0.15, 0.2) is 9.84 Å². The second-order valence-electron chi connectivity index (χ2n) is 5.49.